The number of rotatable bonds is 5. The van der Waals surface area contributed by atoms with Crippen LogP contribution >= 0.6 is 11.3 Å². The van der Waals surface area contributed by atoms with Crippen molar-refractivity contribution in [2.24, 2.45) is 0 Å². The fourth-order valence-electron chi connectivity index (χ4n) is 2.71. The van der Waals surface area contributed by atoms with Gasteiger partial charge in [0.1, 0.15) is 5.82 Å². The highest BCUT2D eigenvalue weighted by atomic mass is 32.1. The Labute approximate surface area is 148 Å². The second-order valence-corrected chi connectivity index (χ2v) is 6.71. The highest BCUT2D eigenvalue weighted by molar-refractivity contribution is 7.15. The minimum absolute atomic E-state index is 0.0732. The molecule has 4 rings (SSSR count). The third-order valence-electron chi connectivity index (χ3n) is 3.95. The summed E-state index contributed by atoms with van der Waals surface area (Å²) in [5.41, 5.74) is 2.77. The van der Waals surface area contributed by atoms with Gasteiger partial charge in [-0.1, -0.05) is 30.3 Å². The van der Waals surface area contributed by atoms with E-state index in [1.165, 1.54) is 0 Å². The van der Waals surface area contributed by atoms with Crippen molar-refractivity contribution in [1.29, 1.82) is 0 Å². The zero-order chi connectivity index (χ0) is 17.2. The fourth-order valence-corrected chi connectivity index (χ4v) is 3.43. The molecule has 0 bridgehead atoms. The van der Waals surface area contributed by atoms with Crippen LogP contribution in [0, 0.1) is 0 Å². The molecule has 6 nitrogen and oxygen atoms in total. The maximum Gasteiger partial charge on any atom is 0.226 e. The molecule has 126 valence electrons. The molecule has 0 radical (unpaired) electrons. The van der Waals surface area contributed by atoms with Gasteiger partial charge < -0.3 is 10.3 Å². The Balaban J connectivity index is 1.41. The van der Waals surface area contributed by atoms with E-state index in [2.05, 4.69) is 20.3 Å². The smallest absolute Gasteiger partial charge is 0.226 e. The van der Waals surface area contributed by atoms with Gasteiger partial charge in [-0.25, -0.2) is 9.97 Å². The quantitative estimate of drug-likeness (QED) is 0.580. The molecule has 0 aliphatic heterocycles. The lowest BCUT2D eigenvalue weighted by molar-refractivity contribution is -0.121. The Hall–Kier alpha value is -2.93. The molecule has 0 fully saturated rings. The fraction of sp³-hybridized carbons (Fsp3) is 0.167. The Morgan fingerprint density at radius 1 is 1.36 bits per heavy atom. The number of aromatic amines is 1. The van der Waals surface area contributed by atoms with Crippen LogP contribution in [0.3, 0.4) is 0 Å². The van der Waals surface area contributed by atoms with Crippen molar-refractivity contribution < 1.29 is 4.79 Å². The van der Waals surface area contributed by atoms with E-state index in [4.69, 9.17) is 0 Å². The summed E-state index contributed by atoms with van der Waals surface area (Å²) in [7, 11) is 0. The van der Waals surface area contributed by atoms with E-state index in [0.717, 1.165) is 27.7 Å². The van der Waals surface area contributed by atoms with Gasteiger partial charge in [0.25, 0.3) is 0 Å². The van der Waals surface area contributed by atoms with Gasteiger partial charge in [-0.2, -0.15) is 0 Å². The van der Waals surface area contributed by atoms with E-state index in [1.54, 1.807) is 17.5 Å². The van der Waals surface area contributed by atoms with Crippen LogP contribution in [0.2, 0.25) is 0 Å². The molecule has 3 aromatic heterocycles. The van der Waals surface area contributed by atoms with E-state index in [1.807, 2.05) is 59.4 Å². The molecule has 1 aromatic carbocycles. The van der Waals surface area contributed by atoms with E-state index >= 15 is 0 Å². The van der Waals surface area contributed by atoms with Crippen LogP contribution in [-0.2, 0) is 11.2 Å². The molecular formula is C18H17N5OS. The molecule has 1 amide bonds. The van der Waals surface area contributed by atoms with Crippen molar-refractivity contribution in [1.82, 2.24) is 24.7 Å². The highest BCUT2D eigenvalue weighted by Gasteiger charge is 2.15. The van der Waals surface area contributed by atoms with Gasteiger partial charge in [-0.15, -0.1) is 11.3 Å². The Morgan fingerprint density at radius 3 is 3.00 bits per heavy atom. The Morgan fingerprint density at radius 2 is 2.20 bits per heavy atom. The minimum atomic E-state index is -0.200. The topological polar surface area (TPSA) is 75.1 Å². The summed E-state index contributed by atoms with van der Waals surface area (Å²) in [4.78, 5) is 25.3. The number of thiazole rings is 1. The molecule has 0 aliphatic rings. The van der Waals surface area contributed by atoms with Crippen molar-refractivity contribution >= 4 is 22.2 Å². The van der Waals surface area contributed by atoms with Crippen LogP contribution in [0.4, 0.5) is 0 Å². The van der Waals surface area contributed by atoms with Gasteiger partial charge in [0.15, 0.2) is 4.96 Å². The number of carbonyl (C=O) groups is 1. The first-order chi connectivity index (χ1) is 12.2. The van der Waals surface area contributed by atoms with Crippen molar-refractivity contribution in [2.45, 2.75) is 19.4 Å². The molecule has 0 aliphatic carbocycles. The van der Waals surface area contributed by atoms with Gasteiger partial charge in [0.2, 0.25) is 5.91 Å². The van der Waals surface area contributed by atoms with Gasteiger partial charge >= 0.3 is 0 Å². The molecule has 4 aromatic rings. The first-order valence-corrected chi connectivity index (χ1v) is 8.88. The molecule has 2 N–H and O–H groups in total. The Kier molecular flexibility index (Phi) is 4.07. The number of H-pyrrole nitrogens is 1. The van der Waals surface area contributed by atoms with E-state index in [0.29, 0.717) is 0 Å². The number of carbonyl (C=O) groups excluding carboxylic acids is 1. The summed E-state index contributed by atoms with van der Waals surface area (Å²) < 4.78 is 1.93. The van der Waals surface area contributed by atoms with Crippen LogP contribution in [0.15, 0.2) is 54.3 Å². The van der Waals surface area contributed by atoms with Gasteiger partial charge in [-0.05, 0) is 12.5 Å². The highest BCUT2D eigenvalue weighted by Crippen LogP contribution is 2.19. The minimum Gasteiger partial charge on any atom is -0.346 e. The lowest BCUT2D eigenvalue weighted by Gasteiger charge is -2.10. The number of imidazole rings is 2. The number of fused-ring (bicyclic) bond motifs is 1. The second kappa shape index (κ2) is 6.52. The zero-order valence-electron chi connectivity index (χ0n) is 13.6. The third kappa shape index (κ3) is 3.32. The number of aromatic nitrogens is 4. The largest absolute Gasteiger partial charge is 0.346 e. The molecule has 7 heteroatoms. The van der Waals surface area contributed by atoms with Crippen LogP contribution in [0.5, 0.6) is 0 Å². The van der Waals surface area contributed by atoms with E-state index in [-0.39, 0.29) is 18.4 Å². The maximum absolute atomic E-state index is 12.3. The normalized spacial score (nSPS) is 12.4. The SMILES string of the molecule is CC(NC(=O)Cc1cn2ccsc2n1)c1ncc(-c2ccccc2)[nH]1. The predicted molar refractivity (Wildman–Crippen MR) is 97.4 cm³/mol. The summed E-state index contributed by atoms with van der Waals surface area (Å²) in [6.07, 6.45) is 5.86. The molecule has 0 spiro atoms. The van der Waals surface area contributed by atoms with Crippen LogP contribution in [0.25, 0.3) is 16.2 Å². The molecule has 0 saturated heterocycles. The summed E-state index contributed by atoms with van der Waals surface area (Å²) in [6.45, 7) is 1.91. The number of nitrogens with zero attached hydrogens (tertiary/aromatic N) is 3. The zero-order valence-corrected chi connectivity index (χ0v) is 14.5. The molecule has 3 heterocycles. The first kappa shape index (κ1) is 15.6. The lowest BCUT2D eigenvalue weighted by atomic mass is 10.2. The van der Waals surface area contributed by atoms with Crippen molar-refractivity contribution in [3.05, 3.63) is 65.8 Å². The first-order valence-electron chi connectivity index (χ1n) is 8.00. The second-order valence-electron chi connectivity index (χ2n) is 5.84. The van der Waals surface area contributed by atoms with Gasteiger partial charge in [0.05, 0.1) is 30.0 Å². The average Bonchev–Trinajstić information content (AvgIpc) is 3.31. The predicted octanol–water partition coefficient (Wildman–Crippen LogP) is 3.21. The van der Waals surface area contributed by atoms with E-state index in [9.17, 15) is 4.79 Å². The average molecular weight is 351 g/mol. The molecule has 25 heavy (non-hydrogen) atoms. The summed E-state index contributed by atoms with van der Waals surface area (Å²) >= 11 is 1.55. The summed E-state index contributed by atoms with van der Waals surface area (Å²) in [5.74, 6) is 0.661. The van der Waals surface area contributed by atoms with Crippen LogP contribution in [0.1, 0.15) is 24.5 Å². The number of amides is 1. The van der Waals surface area contributed by atoms with Crippen molar-refractivity contribution in [2.75, 3.05) is 0 Å². The molecule has 0 saturated carbocycles. The number of hydrogen-bond acceptors (Lipinski definition) is 4. The summed E-state index contributed by atoms with van der Waals surface area (Å²) in [6, 6.07) is 9.78. The monoisotopic (exact) mass is 351 g/mol. The van der Waals surface area contributed by atoms with Crippen LogP contribution in [-0.4, -0.2) is 25.3 Å². The maximum atomic E-state index is 12.3. The van der Waals surface area contributed by atoms with Crippen molar-refractivity contribution in [3.8, 4) is 11.3 Å². The number of nitrogens with one attached hydrogen (secondary N) is 2. The summed E-state index contributed by atoms with van der Waals surface area (Å²) in [5, 5.41) is 4.94. The molecular weight excluding hydrogens is 334 g/mol. The number of benzene rings is 1. The molecule has 1 atom stereocenters. The van der Waals surface area contributed by atoms with Crippen molar-refractivity contribution in [3.63, 3.8) is 0 Å². The third-order valence-corrected chi connectivity index (χ3v) is 4.72. The lowest BCUT2D eigenvalue weighted by Crippen LogP contribution is -2.28. The van der Waals surface area contributed by atoms with Gasteiger partial charge in [0, 0.05) is 17.8 Å². The molecule has 1 unspecified atom stereocenters. The number of hydrogen-bond donors (Lipinski definition) is 2. The standard InChI is InChI=1S/C18H17N5OS/c1-12(17-19-10-15(22-17)13-5-3-2-4-6-13)20-16(24)9-14-11-23-7-8-25-18(23)21-14/h2-8,10-12H,9H2,1H3,(H,19,22)(H,20,24). The van der Waals surface area contributed by atoms with Crippen LogP contribution < -0.4 is 5.32 Å². The van der Waals surface area contributed by atoms with E-state index < -0.39 is 0 Å². The van der Waals surface area contributed by atoms with Gasteiger partial charge in [-0.3, -0.25) is 9.20 Å². The Bertz CT molecular complexity index is 972.